The molecule has 2 aromatic heterocycles. The van der Waals surface area contributed by atoms with Gasteiger partial charge in [0.05, 0.1) is 18.8 Å². The first-order chi connectivity index (χ1) is 10.7. The number of benzene rings is 1. The van der Waals surface area contributed by atoms with Crippen molar-refractivity contribution in [1.29, 1.82) is 0 Å². The lowest BCUT2D eigenvalue weighted by molar-refractivity contribution is 0.0935. The number of rotatable bonds is 5. The van der Waals surface area contributed by atoms with Crippen molar-refractivity contribution in [3.63, 3.8) is 0 Å². The van der Waals surface area contributed by atoms with Crippen LogP contribution in [0, 0.1) is 0 Å². The molecule has 1 atom stereocenters. The molecule has 2 N–H and O–H groups in total. The van der Waals surface area contributed by atoms with Gasteiger partial charge in [-0.1, -0.05) is 30.3 Å². The third-order valence-corrected chi connectivity index (χ3v) is 3.53. The standard InChI is InChI=1S/C17H18N4O/c1-13(20-17(22)16-8-5-9-18-16)15-10-19-21(12-15)11-14-6-3-2-4-7-14/h2-10,12-13,18H,11H2,1H3,(H,20,22). The Balaban J connectivity index is 1.64. The van der Waals surface area contributed by atoms with E-state index in [0.717, 1.165) is 12.1 Å². The summed E-state index contributed by atoms with van der Waals surface area (Å²) in [6.07, 6.45) is 5.49. The van der Waals surface area contributed by atoms with Gasteiger partial charge in [0.2, 0.25) is 0 Å². The molecule has 0 aliphatic heterocycles. The van der Waals surface area contributed by atoms with Gasteiger partial charge in [0, 0.05) is 18.0 Å². The Labute approximate surface area is 129 Å². The fraction of sp³-hybridized carbons (Fsp3) is 0.176. The van der Waals surface area contributed by atoms with Crippen molar-refractivity contribution in [3.05, 3.63) is 77.9 Å². The van der Waals surface area contributed by atoms with Gasteiger partial charge >= 0.3 is 0 Å². The maximum absolute atomic E-state index is 12.0. The van der Waals surface area contributed by atoms with Gasteiger partial charge in [-0.2, -0.15) is 5.10 Å². The van der Waals surface area contributed by atoms with Crippen LogP contribution in [-0.2, 0) is 6.54 Å². The fourth-order valence-corrected chi connectivity index (χ4v) is 2.29. The SMILES string of the molecule is CC(NC(=O)c1ccc[nH]1)c1cnn(Cc2ccccc2)c1. The first-order valence-corrected chi connectivity index (χ1v) is 7.23. The Bertz CT molecular complexity index is 731. The Morgan fingerprint density at radius 3 is 2.82 bits per heavy atom. The fourth-order valence-electron chi connectivity index (χ4n) is 2.29. The van der Waals surface area contributed by atoms with Crippen LogP contribution in [0.3, 0.4) is 0 Å². The van der Waals surface area contributed by atoms with E-state index < -0.39 is 0 Å². The smallest absolute Gasteiger partial charge is 0.268 e. The van der Waals surface area contributed by atoms with E-state index in [1.54, 1.807) is 24.5 Å². The monoisotopic (exact) mass is 294 g/mol. The molecule has 0 aliphatic rings. The van der Waals surface area contributed by atoms with Crippen molar-refractivity contribution in [2.24, 2.45) is 0 Å². The lowest BCUT2D eigenvalue weighted by atomic mass is 10.2. The Morgan fingerprint density at radius 1 is 1.27 bits per heavy atom. The van der Waals surface area contributed by atoms with E-state index in [1.807, 2.05) is 36.0 Å². The van der Waals surface area contributed by atoms with Crippen LogP contribution in [0.4, 0.5) is 0 Å². The van der Waals surface area contributed by atoms with Crippen LogP contribution >= 0.6 is 0 Å². The predicted octanol–water partition coefficient (Wildman–Crippen LogP) is 2.75. The molecule has 1 aromatic carbocycles. The predicted molar refractivity (Wildman–Crippen MR) is 84.4 cm³/mol. The minimum atomic E-state index is -0.117. The van der Waals surface area contributed by atoms with Crippen LogP contribution in [-0.4, -0.2) is 20.7 Å². The normalized spacial score (nSPS) is 12.0. The highest BCUT2D eigenvalue weighted by Gasteiger charge is 2.13. The zero-order valence-corrected chi connectivity index (χ0v) is 12.4. The summed E-state index contributed by atoms with van der Waals surface area (Å²) >= 11 is 0. The van der Waals surface area contributed by atoms with Crippen molar-refractivity contribution in [3.8, 4) is 0 Å². The van der Waals surface area contributed by atoms with E-state index in [1.165, 1.54) is 5.56 Å². The molecule has 0 aliphatic carbocycles. The Morgan fingerprint density at radius 2 is 2.09 bits per heavy atom. The van der Waals surface area contributed by atoms with Gasteiger partial charge < -0.3 is 10.3 Å². The summed E-state index contributed by atoms with van der Waals surface area (Å²) in [7, 11) is 0. The number of H-pyrrole nitrogens is 1. The van der Waals surface area contributed by atoms with Crippen LogP contribution < -0.4 is 5.32 Å². The van der Waals surface area contributed by atoms with E-state index >= 15 is 0 Å². The van der Waals surface area contributed by atoms with Gasteiger partial charge in [-0.15, -0.1) is 0 Å². The Kier molecular flexibility index (Phi) is 4.05. The molecule has 1 unspecified atom stereocenters. The van der Waals surface area contributed by atoms with E-state index in [4.69, 9.17) is 0 Å². The van der Waals surface area contributed by atoms with Crippen LogP contribution in [0.25, 0.3) is 0 Å². The lowest BCUT2D eigenvalue weighted by Crippen LogP contribution is -2.26. The van der Waals surface area contributed by atoms with Crippen LogP contribution in [0.15, 0.2) is 61.1 Å². The third kappa shape index (κ3) is 3.25. The van der Waals surface area contributed by atoms with Crippen molar-refractivity contribution >= 4 is 5.91 Å². The number of carbonyl (C=O) groups excluding carboxylic acids is 1. The molecule has 5 nitrogen and oxygen atoms in total. The molecule has 0 fully saturated rings. The highest BCUT2D eigenvalue weighted by molar-refractivity contribution is 5.92. The molecule has 1 amide bonds. The molecule has 5 heteroatoms. The average Bonchev–Trinajstić information content (AvgIpc) is 3.19. The van der Waals surface area contributed by atoms with Gasteiger partial charge in [-0.3, -0.25) is 9.48 Å². The molecule has 3 aromatic rings. The number of nitrogens with zero attached hydrogens (tertiary/aromatic N) is 2. The summed E-state index contributed by atoms with van der Waals surface area (Å²) in [6.45, 7) is 2.67. The number of hydrogen-bond donors (Lipinski definition) is 2. The molecule has 22 heavy (non-hydrogen) atoms. The number of aromatic nitrogens is 3. The number of hydrogen-bond acceptors (Lipinski definition) is 2. The van der Waals surface area contributed by atoms with E-state index in [2.05, 4.69) is 27.5 Å². The number of amides is 1. The van der Waals surface area contributed by atoms with Crippen LogP contribution in [0.2, 0.25) is 0 Å². The van der Waals surface area contributed by atoms with Gasteiger partial charge in [-0.05, 0) is 24.6 Å². The molecule has 3 rings (SSSR count). The molecule has 0 bridgehead atoms. The summed E-state index contributed by atoms with van der Waals surface area (Å²) in [5, 5.41) is 7.31. The zero-order chi connectivity index (χ0) is 15.4. The van der Waals surface area contributed by atoms with Crippen molar-refractivity contribution in [1.82, 2.24) is 20.1 Å². The molecule has 0 spiro atoms. The molecular weight excluding hydrogens is 276 g/mol. The van der Waals surface area contributed by atoms with Crippen LogP contribution in [0.5, 0.6) is 0 Å². The van der Waals surface area contributed by atoms with E-state index in [9.17, 15) is 4.79 Å². The van der Waals surface area contributed by atoms with E-state index in [0.29, 0.717) is 5.69 Å². The first-order valence-electron chi connectivity index (χ1n) is 7.23. The second-order valence-corrected chi connectivity index (χ2v) is 5.24. The maximum atomic E-state index is 12.0. The summed E-state index contributed by atoms with van der Waals surface area (Å²) in [5.74, 6) is -0.117. The molecule has 2 heterocycles. The second-order valence-electron chi connectivity index (χ2n) is 5.24. The summed E-state index contributed by atoms with van der Waals surface area (Å²) in [5.41, 5.74) is 2.74. The van der Waals surface area contributed by atoms with Gasteiger partial charge in [0.1, 0.15) is 5.69 Å². The topological polar surface area (TPSA) is 62.7 Å². The Hall–Kier alpha value is -2.82. The first kappa shape index (κ1) is 14.1. The number of carbonyl (C=O) groups is 1. The average molecular weight is 294 g/mol. The molecule has 112 valence electrons. The molecule has 0 saturated carbocycles. The largest absolute Gasteiger partial charge is 0.357 e. The van der Waals surface area contributed by atoms with Gasteiger partial charge in [-0.25, -0.2) is 0 Å². The summed E-state index contributed by atoms with van der Waals surface area (Å²) in [6, 6.07) is 13.6. The van der Waals surface area contributed by atoms with E-state index in [-0.39, 0.29) is 11.9 Å². The minimum absolute atomic E-state index is 0.0969. The number of aromatic amines is 1. The molecular formula is C17H18N4O. The van der Waals surface area contributed by atoms with Gasteiger partial charge in [0.15, 0.2) is 0 Å². The highest BCUT2D eigenvalue weighted by atomic mass is 16.1. The lowest BCUT2D eigenvalue weighted by Gasteiger charge is -2.11. The number of nitrogens with one attached hydrogen (secondary N) is 2. The summed E-state index contributed by atoms with van der Waals surface area (Å²) < 4.78 is 1.88. The van der Waals surface area contributed by atoms with Crippen molar-refractivity contribution in [2.45, 2.75) is 19.5 Å². The quantitative estimate of drug-likeness (QED) is 0.760. The highest BCUT2D eigenvalue weighted by Crippen LogP contribution is 2.13. The minimum Gasteiger partial charge on any atom is -0.357 e. The second kappa shape index (κ2) is 6.30. The van der Waals surface area contributed by atoms with Crippen molar-refractivity contribution in [2.75, 3.05) is 0 Å². The van der Waals surface area contributed by atoms with Crippen molar-refractivity contribution < 1.29 is 4.79 Å². The van der Waals surface area contributed by atoms with Crippen LogP contribution in [0.1, 0.15) is 34.6 Å². The summed E-state index contributed by atoms with van der Waals surface area (Å²) in [4.78, 5) is 14.9. The third-order valence-electron chi connectivity index (χ3n) is 3.53. The maximum Gasteiger partial charge on any atom is 0.268 e. The zero-order valence-electron chi connectivity index (χ0n) is 12.4. The molecule has 0 radical (unpaired) electrons. The molecule has 0 saturated heterocycles. The van der Waals surface area contributed by atoms with Gasteiger partial charge in [0.25, 0.3) is 5.91 Å².